The van der Waals surface area contributed by atoms with Crippen molar-refractivity contribution in [1.29, 1.82) is 0 Å². The second kappa shape index (κ2) is 18.6. The summed E-state index contributed by atoms with van der Waals surface area (Å²) in [6.45, 7) is 4.85. The van der Waals surface area contributed by atoms with Crippen molar-refractivity contribution in [3.63, 3.8) is 0 Å². The number of likely N-dealkylation sites (tertiary alicyclic amines) is 1. The van der Waals surface area contributed by atoms with Crippen molar-refractivity contribution in [1.82, 2.24) is 21.0 Å². The van der Waals surface area contributed by atoms with Gasteiger partial charge in [0.05, 0.1) is 5.70 Å². The second-order valence-corrected chi connectivity index (χ2v) is 15.4. The minimum Gasteiger partial charge on any atom is -0.403 e. The van der Waals surface area contributed by atoms with E-state index in [1.165, 1.54) is 38.3 Å². The van der Waals surface area contributed by atoms with Crippen molar-refractivity contribution in [3.05, 3.63) is 41.7 Å². The van der Waals surface area contributed by atoms with Crippen LogP contribution in [0.5, 0.6) is 0 Å². The Bertz CT molecular complexity index is 1340. The monoisotopic (exact) mass is 715 g/mol. The van der Waals surface area contributed by atoms with Crippen LogP contribution in [0, 0.1) is 11.3 Å². The molecule has 1 atom stereocenters. The highest BCUT2D eigenvalue weighted by Crippen LogP contribution is 2.56. The fraction of sp³-hybridized carbons (Fsp3) is 0.639. The Morgan fingerprint density at radius 3 is 2.04 bits per heavy atom. The Kier molecular flexibility index (Phi) is 15.2. The number of carbonyl (C=O) groups excluding carboxylic acids is 5. The van der Waals surface area contributed by atoms with Gasteiger partial charge in [-0.05, 0) is 120 Å². The molecule has 2 bridgehead atoms. The number of hydrogen-bond donors (Lipinski definition) is 7. The summed E-state index contributed by atoms with van der Waals surface area (Å²) in [7, 11) is 0. The van der Waals surface area contributed by atoms with Crippen LogP contribution in [0.25, 0.3) is 0 Å². The molecule has 4 fully saturated rings. The number of Topliss-reactive ketones (excluding diaryl/α,β-unsaturated/α-hetero) is 1. The third kappa shape index (κ3) is 10.9. The third-order valence-electron chi connectivity index (χ3n) is 10.6. The van der Waals surface area contributed by atoms with Crippen molar-refractivity contribution in [3.8, 4) is 0 Å². The molecule has 4 aliphatic rings. The van der Waals surface area contributed by atoms with Gasteiger partial charge in [0.1, 0.15) is 17.2 Å². The highest BCUT2D eigenvalue weighted by Gasteiger charge is 2.47. The van der Waals surface area contributed by atoms with Crippen LogP contribution in [0.4, 0.5) is 0 Å². The predicted octanol–water partition coefficient (Wildman–Crippen LogP) is 2.61. The third-order valence-corrected chi connectivity index (χ3v) is 11.3. The Morgan fingerprint density at radius 2 is 1.62 bits per heavy atom. The van der Waals surface area contributed by atoms with Crippen LogP contribution >= 0.6 is 11.8 Å². The molecule has 4 amide bonds. The van der Waals surface area contributed by atoms with Crippen LogP contribution in [0.3, 0.4) is 0 Å². The second-order valence-electron chi connectivity index (χ2n) is 14.5. The van der Waals surface area contributed by atoms with Gasteiger partial charge < -0.3 is 37.5 Å². The predicted molar refractivity (Wildman–Crippen MR) is 194 cm³/mol. The lowest BCUT2D eigenvalue weighted by atomic mass is 9.78. The minimum atomic E-state index is -1.02. The number of nitrogens with one attached hydrogen (secondary N) is 3. The van der Waals surface area contributed by atoms with Crippen molar-refractivity contribution < 1.29 is 29.1 Å². The van der Waals surface area contributed by atoms with E-state index in [1.54, 1.807) is 25.6 Å². The first kappa shape index (κ1) is 40.8. The molecule has 3 aliphatic carbocycles. The van der Waals surface area contributed by atoms with Gasteiger partial charge in [-0.1, -0.05) is 19.3 Å². The van der Waals surface area contributed by atoms with E-state index in [4.69, 9.17) is 17.3 Å². The highest BCUT2D eigenvalue weighted by atomic mass is 32.2. The summed E-state index contributed by atoms with van der Waals surface area (Å²) in [5.74, 6) is 4.22. The van der Waals surface area contributed by atoms with E-state index in [0.29, 0.717) is 30.5 Å². The summed E-state index contributed by atoms with van der Waals surface area (Å²) in [6, 6.07) is 7.27. The van der Waals surface area contributed by atoms with Crippen molar-refractivity contribution in [2.75, 3.05) is 19.3 Å². The molecule has 5 rings (SSSR count). The number of primary amides is 1. The van der Waals surface area contributed by atoms with Gasteiger partial charge in [0, 0.05) is 29.7 Å². The van der Waals surface area contributed by atoms with E-state index in [1.807, 2.05) is 35.4 Å². The Labute approximate surface area is 300 Å². The summed E-state index contributed by atoms with van der Waals surface area (Å²) in [5, 5.41) is 14.7. The van der Waals surface area contributed by atoms with Crippen LogP contribution < -0.4 is 33.4 Å². The molecule has 3 saturated carbocycles. The number of amides is 4. The lowest BCUT2D eigenvalue weighted by Gasteiger charge is -2.33. The summed E-state index contributed by atoms with van der Waals surface area (Å²) in [6.07, 6.45) is 16.7. The SMILES string of the molecule is CC(C)(O)/C(=C/N)NN.CSc1ccc(C(=O)NC(CC23CCC(CC2)C3)C(=O)N2CCCC2)cc1.NC(=O)C(=O)C1(NC=O)CCCCC1. The lowest BCUT2D eigenvalue weighted by molar-refractivity contribution is -0.141. The number of thioether (sulfide) groups is 1. The standard InChI is InChI=1S/C22H30N2O2S.C9H14N2O3.C5H13N3O/c1-27-18-6-4-17(5-7-18)20(25)23-19(21(26)24-12-2-3-13-24)15-22-10-8-16(14-22)9-11-22;10-8(14)7(13)9(11-6-12)4-2-1-3-5-9;1-5(2,9)4(3-6)8-7/h4-7,16,19H,2-3,8-15H2,1H3,(H,23,25);6H,1-5H2,(H2,10,14)(H,11,12);3,8-9H,6-7H2,1-2H3/b;;4-3-. The zero-order chi connectivity index (χ0) is 37.0. The Morgan fingerprint density at radius 1 is 1.02 bits per heavy atom. The number of aliphatic hydroxyl groups is 1. The topological polar surface area (TPSA) is 223 Å². The van der Waals surface area contributed by atoms with Gasteiger partial charge in [-0.25, -0.2) is 0 Å². The molecule has 14 heteroatoms. The highest BCUT2D eigenvalue weighted by molar-refractivity contribution is 7.98. The van der Waals surface area contributed by atoms with Gasteiger partial charge in [0.15, 0.2) is 0 Å². The summed E-state index contributed by atoms with van der Waals surface area (Å²) in [5.41, 5.74) is 11.6. The molecule has 1 aromatic rings. The van der Waals surface area contributed by atoms with Crippen LogP contribution in [-0.4, -0.2) is 76.4 Å². The number of ketones is 1. The first-order valence-electron chi connectivity index (χ1n) is 17.6. The number of hydrogen-bond acceptors (Lipinski definition) is 10. The zero-order valence-electron chi connectivity index (χ0n) is 29.8. The van der Waals surface area contributed by atoms with Crippen molar-refractivity contribution in [2.24, 2.45) is 28.6 Å². The molecule has 1 saturated heterocycles. The largest absolute Gasteiger partial charge is 0.403 e. The average molecular weight is 716 g/mol. The van der Waals surface area contributed by atoms with Gasteiger partial charge in [-0.3, -0.25) is 29.8 Å². The first-order valence-corrected chi connectivity index (χ1v) is 18.9. The number of benzene rings is 1. The molecule has 13 nitrogen and oxygen atoms in total. The molecular weight excluding hydrogens is 659 g/mol. The first-order chi connectivity index (χ1) is 23.7. The molecule has 10 N–H and O–H groups in total. The number of rotatable bonds is 12. The molecule has 50 heavy (non-hydrogen) atoms. The molecule has 0 radical (unpaired) electrons. The van der Waals surface area contributed by atoms with E-state index in [2.05, 4.69) is 16.1 Å². The fourth-order valence-corrected chi connectivity index (χ4v) is 8.15. The lowest BCUT2D eigenvalue weighted by Crippen LogP contribution is -2.56. The van der Waals surface area contributed by atoms with Gasteiger partial charge in [-0.2, -0.15) is 0 Å². The van der Waals surface area contributed by atoms with Crippen LogP contribution in [-0.2, 0) is 19.2 Å². The van der Waals surface area contributed by atoms with Gasteiger partial charge in [-0.15, -0.1) is 11.8 Å². The zero-order valence-corrected chi connectivity index (χ0v) is 30.6. The quantitative estimate of drug-likeness (QED) is 0.0551. The van der Waals surface area contributed by atoms with Crippen LogP contribution in [0.2, 0.25) is 0 Å². The number of fused-ring (bicyclic) bond motifs is 2. The van der Waals surface area contributed by atoms with Crippen molar-refractivity contribution in [2.45, 2.75) is 119 Å². The maximum atomic E-state index is 13.2. The van der Waals surface area contributed by atoms with E-state index in [9.17, 15) is 29.1 Å². The molecular formula is C36H57N7O6S. The van der Waals surface area contributed by atoms with E-state index >= 15 is 0 Å². The Hall–Kier alpha value is -3.62. The average Bonchev–Trinajstić information content (AvgIpc) is 3.87. The van der Waals surface area contributed by atoms with E-state index in [0.717, 1.165) is 62.4 Å². The number of hydrazine groups is 1. The molecule has 278 valence electrons. The molecule has 0 spiro atoms. The van der Waals surface area contributed by atoms with Crippen LogP contribution in [0.15, 0.2) is 41.1 Å². The maximum absolute atomic E-state index is 13.2. The Balaban J connectivity index is 0.000000245. The van der Waals surface area contributed by atoms with Gasteiger partial charge in [0.25, 0.3) is 11.8 Å². The molecule has 1 heterocycles. The fourth-order valence-electron chi connectivity index (χ4n) is 7.74. The molecule has 1 aliphatic heterocycles. The summed E-state index contributed by atoms with van der Waals surface area (Å²) < 4.78 is 0. The number of nitrogens with two attached hydrogens (primary N) is 3. The van der Waals surface area contributed by atoms with E-state index in [-0.39, 0.29) is 23.3 Å². The number of carbonyl (C=O) groups is 5. The minimum absolute atomic E-state index is 0.121. The van der Waals surface area contributed by atoms with E-state index < -0.39 is 22.8 Å². The normalized spacial score (nSPS) is 22.9. The van der Waals surface area contributed by atoms with Gasteiger partial charge in [0.2, 0.25) is 18.1 Å². The smallest absolute Gasteiger partial charge is 0.287 e. The molecule has 0 aromatic heterocycles. The molecule has 1 unspecified atom stereocenters. The van der Waals surface area contributed by atoms with Crippen LogP contribution in [0.1, 0.15) is 108 Å². The van der Waals surface area contributed by atoms with Crippen molar-refractivity contribution >= 4 is 41.7 Å². The summed E-state index contributed by atoms with van der Waals surface area (Å²) >= 11 is 1.66. The molecule has 1 aromatic carbocycles. The number of nitrogens with zero attached hydrogens (tertiary/aromatic N) is 1. The summed E-state index contributed by atoms with van der Waals surface area (Å²) in [4.78, 5) is 61.8. The maximum Gasteiger partial charge on any atom is 0.287 e. The van der Waals surface area contributed by atoms with Gasteiger partial charge >= 0.3 is 0 Å².